The molecule has 0 aliphatic heterocycles. The molecule has 1 heterocycles. The molecule has 0 N–H and O–H groups in total. The molecular formula is C17H17Cl2F2N3O. The molecule has 0 aliphatic rings. The predicted molar refractivity (Wildman–Crippen MR) is 93.9 cm³/mol. The maximum atomic E-state index is 13.5. The van der Waals surface area contributed by atoms with Crippen molar-refractivity contribution in [3.63, 3.8) is 0 Å². The van der Waals surface area contributed by atoms with E-state index < -0.39 is 11.6 Å². The highest BCUT2D eigenvalue weighted by atomic mass is 35.5. The molecule has 0 radical (unpaired) electrons. The van der Waals surface area contributed by atoms with Crippen LogP contribution in [0.5, 0.6) is 0 Å². The summed E-state index contributed by atoms with van der Waals surface area (Å²) in [5.74, 6) is -2.25. The number of amides is 1. The zero-order chi connectivity index (χ0) is 18.6. The van der Waals surface area contributed by atoms with Crippen LogP contribution in [0.15, 0.2) is 30.5 Å². The second kappa shape index (κ2) is 8.56. The smallest absolute Gasteiger partial charge is 0.255 e. The van der Waals surface area contributed by atoms with E-state index in [4.69, 9.17) is 23.2 Å². The molecule has 2 rings (SSSR count). The monoisotopic (exact) mass is 387 g/mol. The van der Waals surface area contributed by atoms with E-state index in [1.165, 1.54) is 23.2 Å². The number of aromatic nitrogens is 1. The van der Waals surface area contributed by atoms with Gasteiger partial charge >= 0.3 is 0 Å². The highest BCUT2D eigenvalue weighted by Gasteiger charge is 2.21. The van der Waals surface area contributed by atoms with Crippen molar-refractivity contribution < 1.29 is 13.6 Å². The van der Waals surface area contributed by atoms with Gasteiger partial charge in [0.25, 0.3) is 5.91 Å². The predicted octanol–water partition coefficient (Wildman–Crippen LogP) is 3.87. The highest BCUT2D eigenvalue weighted by Crippen LogP contribution is 2.25. The van der Waals surface area contributed by atoms with Crippen molar-refractivity contribution >= 4 is 29.1 Å². The van der Waals surface area contributed by atoms with Crippen molar-refractivity contribution in [2.24, 2.45) is 0 Å². The van der Waals surface area contributed by atoms with Gasteiger partial charge in [-0.25, -0.2) is 13.8 Å². The maximum Gasteiger partial charge on any atom is 0.255 e. The molecule has 1 aromatic carbocycles. The zero-order valence-electron chi connectivity index (χ0n) is 13.8. The van der Waals surface area contributed by atoms with Crippen LogP contribution in [0.25, 0.3) is 0 Å². The summed E-state index contributed by atoms with van der Waals surface area (Å²) in [4.78, 5) is 20.1. The number of hydrogen-bond donors (Lipinski definition) is 0. The van der Waals surface area contributed by atoms with Gasteiger partial charge < -0.3 is 9.80 Å². The fourth-order valence-corrected chi connectivity index (χ4v) is 2.54. The van der Waals surface area contributed by atoms with Gasteiger partial charge in [0.05, 0.1) is 10.6 Å². The molecular weight excluding hydrogens is 371 g/mol. The molecule has 0 saturated heterocycles. The third-order valence-electron chi connectivity index (χ3n) is 3.54. The van der Waals surface area contributed by atoms with Crippen molar-refractivity contribution in [1.82, 2.24) is 14.8 Å². The number of benzene rings is 1. The lowest BCUT2D eigenvalue weighted by atomic mass is 10.1. The van der Waals surface area contributed by atoms with Gasteiger partial charge in [0.1, 0.15) is 5.15 Å². The van der Waals surface area contributed by atoms with Crippen LogP contribution in [0.2, 0.25) is 10.2 Å². The molecule has 0 aliphatic carbocycles. The molecule has 0 bridgehead atoms. The van der Waals surface area contributed by atoms with E-state index in [9.17, 15) is 13.6 Å². The lowest BCUT2D eigenvalue weighted by molar-refractivity contribution is 0.0732. The summed E-state index contributed by atoms with van der Waals surface area (Å²) in [6, 6.07) is 5.03. The summed E-state index contributed by atoms with van der Waals surface area (Å²) in [7, 11) is 3.74. The number of carbonyl (C=O) groups excluding carboxylic acids is 1. The lowest BCUT2D eigenvalue weighted by Crippen LogP contribution is -2.36. The second-order valence-electron chi connectivity index (χ2n) is 5.74. The van der Waals surface area contributed by atoms with Gasteiger partial charge in [0, 0.05) is 25.8 Å². The van der Waals surface area contributed by atoms with Crippen LogP contribution in [0.3, 0.4) is 0 Å². The van der Waals surface area contributed by atoms with E-state index >= 15 is 0 Å². The van der Waals surface area contributed by atoms with Gasteiger partial charge in [-0.1, -0.05) is 29.3 Å². The largest absolute Gasteiger partial charge is 0.333 e. The van der Waals surface area contributed by atoms with Gasteiger partial charge in [-0.3, -0.25) is 4.79 Å². The molecule has 0 fully saturated rings. The van der Waals surface area contributed by atoms with Crippen molar-refractivity contribution in [2.75, 3.05) is 27.2 Å². The molecule has 0 atom stereocenters. The van der Waals surface area contributed by atoms with Crippen LogP contribution in [-0.2, 0) is 6.54 Å². The number of rotatable bonds is 6. The van der Waals surface area contributed by atoms with Crippen LogP contribution in [0, 0.1) is 11.6 Å². The third kappa shape index (κ3) is 5.11. The second-order valence-corrected chi connectivity index (χ2v) is 6.48. The number of carbonyl (C=O) groups is 1. The van der Waals surface area contributed by atoms with Crippen LogP contribution in [0.1, 0.15) is 15.9 Å². The highest BCUT2D eigenvalue weighted by molar-refractivity contribution is 6.43. The zero-order valence-corrected chi connectivity index (χ0v) is 15.3. The molecule has 1 aromatic heterocycles. The summed E-state index contributed by atoms with van der Waals surface area (Å²) in [5, 5.41) is 0.0993. The fraction of sp³-hybridized carbons (Fsp3) is 0.294. The van der Waals surface area contributed by atoms with E-state index in [0.29, 0.717) is 18.7 Å². The third-order valence-corrected chi connectivity index (χ3v) is 4.30. The van der Waals surface area contributed by atoms with Crippen molar-refractivity contribution in [1.29, 1.82) is 0 Å². The Labute approximate surface area is 155 Å². The number of nitrogens with zero attached hydrogens (tertiary/aromatic N) is 3. The van der Waals surface area contributed by atoms with Crippen molar-refractivity contribution in [3.8, 4) is 0 Å². The minimum absolute atomic E-state index is 0.0351. The van der Waals surface area contributed by atoms with Gasteiger partial charge in [0.15, 0.2) is 11.6 Å². The van der Waals surface area contributed by atoms with Gasteiger partial charge in [-0.15, -0.1) is 0 Å². The van der Waals surface area contributed by atoms with E-state index in [1.807, 2.05) is 19.0 Å². The lowest BCUT2D eigenvalue weighted by Gasteiger charge is -2.25. The minimum Gasteiger partial charge on any atom is -0.333 e. The first-order valence-corrected chi connectivity index (χ1v) is 8.23. The average Bonchev–Trinajstić information content (AvgIpc) is 2.56. The van der Waals surface area contributed by atoms with E-state index in [-0.39, 0.29) is 28.2 Å². The summed E-state index contributed by atoms with van der Waals surface area (Å²) in [6.45, 7) is 1.08. The quantitative estimate of drug-likeness (QED) is 0.705. The summed E-state index contributed by atoms with van der Waals surface area (Å²) < 4.78 is 26.6. The molecule has 0 saturated carbocycles. The Kier molecular flexibility index (Phi) is 6.70. The van der Waals surface area contributed by atoms with Gasteiger partial charge in [0.2, 0.25) is 0 Å². The standard InChI is InChI=1S/C17H17Cl2F2N3O/c1-23(2)7-8-24(10-11-3-4-13(20)14(21)9-11)17(25)12-5-6-22-16(19)15(12)18/h3-6,9H,7-8,10H2,1-2H3. The van der Waals surface area contributed by atoms with Crippen molar-refractivity contribution in [3.05, 3.63) is 63.4 Å². The Hall–Kier alpha value is -1.76. The fourth-order valence-electron chi connectivity index (χ4n) is 2.19. The Morgan fingerprint density at radius 2 is 1.84 bits per heavy atom. The van der Waals surface area contributed by atoms with Gasteiger partial charge in [-0.2, -0.15) is 0 Å². The topological polar surface area (TPSA) is 36.4 Å². The Morgan fingerprint density at radius 1 is 1.12 bits per heavy atom. The minimum atomic E-state index is -0.956. The molecule has 25 heavy (non-hydrogen) atoms. The van der Waals surface area contributed by atoms with E-state index in [1.54, 1.807) is 0 Å². The molecule has 0 unspecified atom stereocenters. The molecule has 1 amide bonds. The Morgan fingerprint density at radius 3 is 2.48 bits per heavy atom. The number of hydrogen-bond acceptors (Lipinski definition) is 3. The van der Waals surface area contributed by atoms with Crippen LogP contribution >= 0.6 is 23.2 Å². The summed E-state index contributed by atoms with van der Waals surface area (Å²) in [6.07, 6.45) is 1.39. The average molecular weight is 388 g/mol. The molecule has 2 aromatic rings. The number of likely N-dealkylation sites (N-methyl/N-ethyl adjacent to an activating group) is 1. The van der Waals surface area contributed by atoms with E-state index in [0.717, 1.165) is 12.1 Å². The van der Waals surface area contributed by atoms with Crippen LogP contribution in [0.4, 0.5) is 8.78 Å². The van der Waals surface area contributed by atoms with Crippen LogP contribution in [-0.4, -0.2) is 47.9 Å². The number of pyridine rings is 1. The molecule has 8 heteroatoms. The van der Waals surface area contributed by atoms with Crippen LogP contribution < -0.4 is 0 Å². The molecule has 4 nitrogen and oxygen atoms in total. The molecule has 134 valence electrons. The van der Waals surface area contributed by atoms with Gasteiger partial charge in [-0.05, 0) is 37.9 Å². The first-order chi connectivity index (χ1) is 11.8. The first-order valence-electron chi connectivity index (χ1n) is 7.47. The molecule has 0 spiro atoms. The summed E-state index contributed by atoms with van der Waals surface area (Å²) in [5.41, 5.74) is 0.685. The van der Waals surface area contributed by atoms with E-state index in [2.05, 4.69) is 4.98 Å². The first kappa shape index (κ1) is 19.6. The Balaban J connectivity index is 2.29. The maximum absolute atomic E-state index is 13.5. The summed E-state index contributed by atoms with van der Waals surface area (Å²) >= 11 is 12.0. The van der Waals surface area contributed by atoms with Crippen molar-refractivity contribution in [2.45, 2.75) is 6.54 Å². The SMILES string of the molecule is CN(C)CCN(Cc1ccc(F)c(F)c1)C(=O)c1ccnc(Cl)c1Cl. The Bertz CT molecular complexity index is 772. The number of halogens is 4. The normalized spacial score (nSPS) is 11.0.